The maximum atomic E-state index is 7.54. The summed E-state index contributed by atoms with van der Waals surface area (Å²) in [5.41, 5.74) is 18.7. The highest BCUT2D eigenvalue weighted by atomic mass is 16.5. The van der Waals surface area contributed by atoms with Crippen LogP contribution in [0.2, 0.25) is 0 Å². The van der Waals surface area contributed by atoms with E-state index in [1.807, 2.05) is 49.4 Å². The minimum Gasteiger partial charge on any atom is -0.383 e. The number of nitrogens with two attached hydrogens (primary N) is 1. The van der Waals surface area contributed by atoms with Gasteiger partial charge in [0.05, 0.1) is 35.9 Å². The molecule has 0 saturated heterocycles. The molecule has 0 atom stereocenters. The third-order valence-electron chi connectivity index (χ3n) is 4.23. The van der Waals surface area contributed by atoms with Gasteiger partial charge in [-0.05, 0) is 30.7 Å². The molecule has 0 amide bonds. The van der Waals surface area contributed by atoms with Crippen LogP contribution in [0.3, 0.4) is 0 Å². The van der Waals surface area contributed by atoms with Gasteiger partial charge < -0.3 is 15.8 Å². The van der Waals surface area contributed by atoms with Gasteiger partial charge in [-0.3, -0.25) is 4.98 Å². The standard InChI is InChI=1S/C21H23N7O/c1-14-6-3-4-9-17(14)18-10-19(27-21(22)26-18)20(28-23)12-24-11-15-7-5-8-16(25-15)13-29-2/h3-10,12,23-24H,11,13H2,1-2H3,(H2,22,26,27)/b20-12-,28-23?. The van der Waals surface area contributed by atoms with Crippen molar-refractivity contribution in [3.8, 4) is 11.3 Å². The Hall–Kier alpha value is -3.65. The van der Waals surface area contributed by atoms with Gasteiger partial charge in [-0.25, -0.2) is 15.5 Å². The molecule has 8 nitrogen and oxygen atoms in total. The molecule has 0 spiro atoms. The molecule has 2 aromatic heterocycles. The molecule has 0 aliphatic heterocycles. The van der Waals surface area contributed by atoms with E-state index in [2.05, 4.69) is 25.4 Å². The van der Waals surface area contributed by atoms with Gasteiger partial charge >= 0.3 is 0 Å². The number of nitrogen functional groups attached to an aromatic ring is 1. The number of rotatable bonds is 8. The van der Waals surface area contributed by atoms with Crippen LogP contribution in [-0.4, -0.2) is 22.1 Å². The largest absolute Gasteiger partial charge is 0.383 e. The fourth-order valence-electron chi connectivity index (χ4n) is 2.87. The normalized spacial score (nSPS) is 11.3. The van der Waals surface area contributed by atoms with E-state index in [1.54, 1.807) is 19.4 Å². The lowest BCUT2D eigenvalue weighted by Crippen LogP contribution is -2.09. The first-order valence-electron chi connectivity index (χ1n) is 9.06. The van der Waals surface area contributed by atoms with E-state index < -0.39 is 0 Å². The lowest BCUT2D eigenvalue weighted by Gasteiger charge is -2.09. The van der Waals surface area contributed by atoms with E-state index in [0.29, 0.717) is 30.2 Å². The second kappa shape index (κ2) is 9.52. The second-order valence-electron chi connectivity index (χ2n) is 6.39. The lowest BCUT2D eigenvalue weighted by atomic mass is 10.0. The van der Waals surface area contributed by atoms with E-state index in [1.165, 1.54) is 0 Å². The first kappa shape index (κ1) is 20.1. The Morgan fingerprint density at radius 1 is 1.14 bits per heavy atom. The zero-order valence-corrected chi connectivity index (χ0v) is 16.4. The third kappa shape index (κ3) is 5.20. The molecule has 0 bridgehead atoms. The monoisotopic (exact) mass is 389 g/mol. The summed E-state index contributed by atoms with van der Waals surface area (Å²) < 4.78 is 5.11. The van der Waals surface area contributed by atoms with Crippen molar-refractivity contribution in [1.82, 2.24) is 20.3 Å². The van der Waals surface area contributed by atoms with E-state index in [4.69, 9.17) is 16.0 Å². The molecule has 1 aromatic carbocycles. The number of methoxy groups -OCH3 is 1. The fourth-order valence-corrected chi connectivity index (χ4v) is 2.87. The molecule has 29 heavy (non-hydrogen) atoms. The molecule has 0 unspecified atom stereocenters. The predicted octanol–water partition coefficient (Wildman–Crippen LogP) is 3.69. The van der Waals surface area contributed by atoms with E-state index in [9.17, 15) is 0 Å². The molecule has 3 rings (SSSR count). The molecule has 0 radical (unpaired) electrons. The number of hydrogen-bond acceptors (Lipinski definition) is 8. The van der Waals surface area contributed by atoms with Crippen LogP contribution in [0.5, 0.6) is 0 Å². The molecular formula is C21H23N7O. The van der Waals surface area contributed by atoms with Crippen LogP contribution >= 0.6 is 0 Å². The van der Waals surface area contributed by atoms with Crippen molar-refractivity contribution in [2.45, 2.75) is 20.1 Å². The number of benzene rings is 1. The number of nitrogens with one attached hydrogen (secondary N) is 2. The SMILES string of the molecule is COCc1cccc(CN/C=C(\N=N)c2cc(-c3ccccc3C)nc(N)n2)n1. The summed E-state index contributed by atoms with van der Waals surface area (Å²) in [6.07, 6.45) is 1.63. The van der Waals surface area contributed by atoms with Crippen LogP contribution in [0.25, 0.3) is 17.0 Å². The molecular weight excluding hydrogens is 366 g/mol. The van der Waals surface area contributed by atoms with Gasteiger partial charge in [0.25, 0.3) is 0 Å². The Morgan fingerprint density at radius 2 is 1.93 bits per heavy atom. The molecule has 8 heteroatoms. The first-order chi connectivity index (χ1) is 14.1. The first-order valence-corrected chi connectivity index (χ1v) is 9.06. The quantitative estimate of drug-likeness (QED) is 0.505. The van der Waals surface area contributed by atoms with Gasteiger partial charge in [0.1, 0.15) is 5.70 Å². The highest BCUT2D eigenvalue weighted by molar-refractivity contribution is 5.70. The fraction of sp³-hybridized carbons (Fsp3) is 0.190. The van der Waals surface area contributed by atoms with E-state index in [0.717, 1.165) is 22.5 Å². The Kier molecular flexibility index (Phi) is 6.59. The predicted molar refractivity (Wildman–Crippen MR) is 112 cm³/mol. The number of ether oxygens (including phenoxy) is 1. The molecule has 0 fully saturated rings. The third-order valence-corrected chi connectivity index (χ3v) is 4.23. The number of nitrogens with zero attached hydrogens (tertiary/aromatic N) is 4. The van der Waals surface area contributed by atoms with Crippen LogP contribution in [-0.2, 0) is 17.9 Å². The zero-order chi connectivity index (χ0) is 20.6. The molecule has 148 valence electrons. The second-order valence-corrected chi connectivity index (χ2v) is 6.39. The van der Waals surface area contributed by atoms with Gasteiger partial charge in [-0.1, -0.05) is 30.3 Å². The summed E-state index contributed by atoms with van der Waals surface area (Å²) in [5, 5.41) is 6.73. The van der Waals surface area contributed by atoms with Crippen molar-refractivity contribution in [3.63, 3.8) is 0 Å². The van der Waals surface area contributed by atoms with Crippen molar-refractivity contribution in [1.29, 1.82) is 5.53 Å². The average Bonchev–Trinajstić information content (AvgIpc) is 2.72. The van der Waals surface area contributed by atoms with Gasteiger partial charge in [0.2, 0.25) is 5.95 Å². The Balaban J connectivity index is 1.81. The summed E-state index contributed by atoms with van der Waals surface area (Å²) in [4.78, 5) is 13.1. The maximum Gasteiger partial charge on any atom is 0.221 e. The number of aryl methyl sites for hydroxylation is 1. The van der Waals surface area contributed by atoms with Crippen molar-refractivity contribution < 1.29 is 4.74 Å². The van der Waals surface area contributed by atoms with Crippen molar-refractivity contribution >= 4 is 11.6 Å². The Labute approximate surface area is 169 Å². The van der Waals surface area contributed by atoms with Crippen molar-refractivity contribution in [2.24, 2.45) is 5.11 Å². The average molecular weight is 389 g/mol. The Morgan fingerprint density at radius 3 is 2.69 bits per heavy atom. The van der Waals surface area contributed by atoms with Crippen molar-refractivity contribution in [2.75, 3.05) is 12.8 Å². The Bertz CT molecular complexity index is 1030. The molecule has 0 aliphatic carbocycles. The zero-order valence-electron chi connectivity index (χ0n) is 16.4. The summed E-state index contributed by atoms with van der Waals surface area (Å²) >= 11 is 0. The number of anilines is 1. The van der Waals surface area contributed by atoms with Crippen LogP contribution in [0.15, 0.2) is 59.8 Å². The lowest BCUT2D eigenvalue weighted by molar-refractivity contribution is 0.181. The van der Waals surface area contributed by atoms with Gasteiger partial charge in [0.15, 0.2) is 0 Å². The van der Waals surface area contributed by atoms with E-state index >= 15 is 0 Å². The van der Waals surface area contributed by atoms with Crippen LogP contribution in [0.4, 0.5) is 5.95 Å². The van der Waals surface area contributed by atoms with Gasteiger partial charge in [-0.2, -0.15) is 5.11 Å². The van der Waals surface area contributed by atoms with Crippen molar-refractivity contribution in [3.05, 3.63) is 77.4 Å². The topological polar surface area (TPSA) is 122 Å². The number of hydrogen-bond donors (Lipinski definition) is 3. The minimum atomic E-state index is 0.129. The number of pyridine rings is 1. The van der Waals surface area contributed by atoms with Crippen LogP contribution < -0.4 is 11.1 Å². The molecule has 2 heterocycles. The maximum absolute atomic E-state index is 7.54. The summed E-state index contributed by atoms with van der Waals surface area (Å²) in [5.74, 6) is 0.129. The molecule has 4 N–H and O–H groups in total. The summed E-state index contributed by atoms with van der Waals surface area (Å²) in [6, 6.07) is 15.4. The van der Waals surface area contributed by atoms with Crippen LogP contribution in [0, 0.1) is 12.5 Å². The minimum absolute atomic E-state index is 0.129. The summed E-state index contributed by atoms with van der Waals surface area (Å²) in [7, 11) is 1.63. The molecule has 3 aromatic rings. The molecule has 0 aliphatic rings. The van der Waals surface area contributed by atoms with Crippen LogP contribution in [0.1, 0.15) is 22.6 Å². The summed E-state index contributed by atoms with van der Waals surface area (Å²) in [6.45, 7) is 2.94. The smallest absolute Gasteiger partial charge is 0.221 e. The van der Waals surface area contributed by atoms with Gasteiger partial charge in [0, 0.05) is 18.9 Å². The van der Waals surface area contributed by atoms with Gasteiger partial charge in [-0.15, -0.1) is 0 Å². The highest BCUT2D eigenvalue weighted by Crippen LogP contribution is 2.25. The van der Waals surface area contributed by atoms with E-state index in [-0.39, 0.29) is 5.95 Å². The molecule has 0 saturated carbocycles. The number of aromatic nitrogens is 3. The highest BCUT2D eigenvalue weighted by Gasteiger charge is 2.10.